The minimum Gasteiger partial charge on any atom is -0.339 e. The molecule has 0 aromatic heterocycles. The number of hydrogen-bond acceptors (Lipinski definition) is 4. The number of benzene rings is 1. The van der Waals surface area contributed by atoms with Gasteiger partial charge in [0.1, 0.15) is 0 Å². The molecule has 1 aromatic carbocycles. The van der Waals surface area contributed by atoms with Gasteiger partial charge in [-0.25, -0.2) is 0 Å². The number of rotatable bonds is 4. The molecule has 1 fully saturated rings. The third-order valence-electron chi connectivity index (χ3n) is 4.97. The van der Waals surface area contributed by atoms with Crippen LogP contribution in [-0.4, -0.2) is 59.5 Å². The van der Waals surface area contributed by atoms with Gasteiger partial charge in [0.05, 0.1) is 0 Å². The minimum atomic E-state index is -0.0691. The lowest BCUT2D eigenvalue weighted by molar-refractivity contribution is -0.138. The third kappa shape index (κ3) is 4.09. The van der Waals surface area contributed by atoms with E-state index in [4.69, 9.17) is 0 Å². The fraction of sp³-hybridized carbons (Fsp3) is 0.474. The zero-order valence-electron chi connectivity index (χ0n) is 14.9. The number of hydrogen-bond donors (Lipinski definition) is 1. The highest BCUT2D eigenvalue weighted by Crippen LogP contribution is 2.24. The number of nitrogens with one attached hydrogen (secondary N) is 1. The predicted molar refractivity (Wildman–Crippen MR) is 95.8 cm³/mol. The first-order valence-corrected chi connectivity index (χ1v) is 8.93. The largest absolute Gasteiger partial charge is 0.339 e. The van der Waals surface area contributed by atoms with Crippen molar-refractivity contribution in [1.82, 2.24) is 9.80 Å². The van der Waals surface area contributed by atoms with E-state index in [1.807, 2.05) is 6.07 Å². The van der Waals surface area contributed by atoms with Crippen molar-refractivity contribution < 1.29 is 19.2 Å². The van der Waals surface area contributed by atoms with Gasteiger partial charge < -0.3 is 15.1 Å². The van der Waals surface area contributed by atoms with Crippen molar-refractivity contribution in [2.45, 2.75) is 32.6 Å². The van der Waals surface area contributed by atoms with Gasteiger partial charge in [-0.2, -0.15) is 0 Å². The molecule has 1 aromatic rings. The number of fused-ring (bicyclic) bond motifs is 1. The second-order valence-electron chi connectivity index (χ2n) is 6.73. The zero-order valence-corrected chi connectivity index (χ0v) is 14.9. The van der Waals surface area contributed by atoms with Crippen molar-refractivity contribution in [2.75, 3.05) is 31.5 Å². The molecule has 0 aliphatic carbocycles. The van der Waals surface area contributed by atoms with Gasteiger partial charge in [0.2, 0.25) is 17.7 Å². The van der Waals surface area contributed by atoms with Crippen LogP contribution in [0.2, 0.25) is 0 Å². The molecule has 0 unspecified atom stereocenters. The summed E-state index contributed by atoms with van der Waals surface area (Å²) in [4.78, 5) is 50.9. The van der Waals surface area contributed by atoms with Crippen molar-refractivity contribution >= 4 is 29.2 Å². The Kier molecular flexibility index (Phi) is 5.35. The number of aryl methyl sites for hydroxylation is 1. The van der Waals surface area contributed by atoms with Crippen molar-refractivity contribution in [3.63, 3.8) is 0 Å². The van der Waals surface area contributed by atoms with E-state index in [-0.39, 0.29) is 36.3 Å². The summed E-state index contributed by atoms with van der Waals surface area (Å²) >= 11 is 0. The van der Waals surface area contributed by atoms with Crippen LogP contribution in [0.5, 0.6) is 0 Å². The highest BCUT2D eigenvalue weighted by Gasteiger charge is 2.23. The number of nitrogens with zero attached hydrogens (tertiary/aromatic N) is 2. The topological polar surface area (TPSA) is 86.8 Å². The van der Waals surface area contributed by atoms with Gasteiger partial charge in [0.25, 0.3) is 0 Å². The monoisotopic (exact) mass is 357 g/mol. The number of anilines is 1. The van der Waals surface area contributed by atoms with E-state index in [1.165, 1.54) is 6.92 Å². The first-order chi connectivity index (χ1) is 12.4. The molecule has 0 spiro atoms. The Morgan fingerprint density at radius 2 is 1.69 bits per heavy atom. The highest BCUT2D eigenvalue weighted by atomic mass is 16.2. The van der Waals surface area contributed by atoms with Gasteiger partial charge >= 0.3 is 0 Å². The van der Waals surface area contributed by atoms with Crippen LogP contribution in [-0.2, 0) is 20.8 Å². The summed E-state index contributed by atoms with van der Waals surface area (Å²) in [6, 6.07) is 5.26. The average molecular weight is 357 g/mol. The molecule has 0 radical (unpaired) electrons. The van der Waals surface area contributed by atoms with Gasteiger partial charge in [0, 0.05) is 63.6 Å². The Hall–Kier alpha value is -2.70. The summed E-state index contributed by atoms with van der Waals surface area (Å²) < 4.78 is 0. The van der Waals surface area contributed by atoms with E-state index in [0.29, 0.717) is 44.6 Å². The quantitative estimate of drug-likeness (QED) is 0.821. The molecule has 26 heavy (non-hydrogen) atoms. The molecule has 0 atom stereocenters. The molecule has 0 bridgehead atoms. The number of Topliss-reactive ketones (excluding diaryl/α,β-unsaturated/α-hetero) is 1. The van der Waals surface area contributed by atoms with Crippen LogP contribution in [0.25, 0.3) is 0 Å². The van der Waals surface area contributed by atoms with Gasteiger partial charge in [-0.1, -0.05) is 0 Å². The molecule has 3 amide bonds. The lowest BCUT2D eigenvalue weighted by Crippen LogP contribution is -2.50. The van der Waals surface area contributed by atoms with Crippen LogP contribution in [0.4, 0.5) is 5.69 Å². The summed E-state index contributed by atoms with van der Waals surface area (Å²) in [6.45, 7) is 3.66. The lowest BCUT2D eigenvalue weighted by Gasteiger charge is -2.34. The van der Waals surface area contributed by atoms with Gasteiger partial charge in [-0.15, -0.1) is 0 Å². The molecular weight excluding hydrogens is 334 g/mol. The molecule has 2 aliphatic heterocycles. The van der Waals surface area contributed by atoms with Crippen molar-refractivity contribution in [3.8, 4) is 0 Å². The van der Waals surface area contributed by atoms with Crippen molar-refractivity contribution in [2.24, 2.45) is 0 Å². The van der Waals surface area contributed by atoms with Gasteiger partial charge in [-0.05, 0) is 30.2 Å². The molecule has 3 rings (SSSR count). The molecule has 0 saturated carbocycles. The van der Waals surface area contributed by atoms with E-state index in [9.17, 15) is 19.2 Å². The Morgan fingerprint density at radius 3 is 2.38 bits per heavy atom. The minimum absolute atomic E-state index is 0.00737. The number of carbonyl (C=O) groups excluding carboxylic acids is 4. The number of ketones is 1. The van der Waals surface area contributed by atoms with Crippen LogP contribution in [0.15, 0.2) is 18.2 Å². The molecule has 7 nitrogen and oxygen atoms in total. The van der Waals surface area contributed by atoms with Crippen LogP contribution in [0, 0.1) is 0 Å². The number of carbonyl (C=O) groups is 4. The Bertz CT molecular complexity index is 751. The first-order valence-electron chi connectivity index (χ1n) is 8.93. The van der Waals surface area contributed by atoms with Crippen LogP contribution in [0.1, 0.15) is 42.1 Å². The zero-order chi connectivity index (χ0) is 18.7. The maximum atomic E-state index is 12.4. The van der Waals surface area contributed by atoms with Crippen molar-refractivity contribution in [3.05, 3.63) is 29.3 Å². The summed E-state index contributed by atoms with van der Waals surface area (Å²) in [5.74, 6) is -0.102. The molecule has 1 saturated heterocycles. The number of amides is 3. The van der Waals surface area contributed by atoms with Crippen molar-refractivity contribution in [1.29, 1.82) is 0 Å². The molecule has 2 aliphatic rings. The Labute approximate surface area is 152 Å². The SMILES string of the molecule is CC(=O)N1CCN(C(=O)CCC(=O)c2ccc3c(c2)CCC(=O)N3)CC1. The molecule has 7 heteroatoms. The normalized spacial score (nSPS) is 16.7. The second kappa shape index (κ2) is 7.68. The summed E-state index contributed by atoms with van der Waals surface area (Å²) in [5, 5.41) is 2.79. The lowest BCUT2D eigenvalue weighted by atomic mass is 9.97. The molecule has 1 N–H and O–H groups in total. The second-order valence-corrected chi connectivity index (χ2v) is 6.73. The standard InChI is InChI=1S/C19H23N3O4/c1-13(23)21-8-10-22(11-9-21)19(26)7-5-17(24)15-2-4-16-14(12-15)3-6-18(25)20-16/h2,4,12H,3,5-11H2,1H3,(H,20,25). The van der Waals surface area contributed by atoms with E-state index >= 15 is 0 Å². The fourth-order valence-electron chi connectivity index (χ4n) is 3.35. The number of piperazine rings is 1. The maximum Gasteiger partial charge on any atom is 0.224 e. The molecular formula is C19H23N3O4. The molecule has 2 heterocycles. The highest BCUT2D eigenvalue weighted by molar-refractivity contribution is 6.00. The van der Waals surface area contributed by atoms with Gasteiger partial charge in [-0.3, -0.25) is 19.2 Å². The first kappa shape index (κ1) is 18.1. The average Bonchev–Trinajstić information content (AvgIpc) is 2.65. The van der Waals surface area contributed by atoms with Crippen LogP contribution < -0.4 is 5.32 Å². The summed E-state index contributed by atoms with van der Waals surface area (Å²) in [6.07, 6.45) is 1.39. The van der Waals surface area contributed by atoms with E-state index in [0.717, 1.165) is 11.3 Å². The fourth-order valence-corrected chi connectivity index (χ4v) is 3.35. The Balaban J connectivity index is 1.52. The predicted octanol–water partition coefficient (Wildman–Crippen LogP) is 1.22. The summed E-state index contributed by atoms with van der Waals surface area (Å²) in [7, 11) is 0. The van der Waals surface area contributed by atoms with Crippen LogP contribution in [0.3, 0.4) is 0 Å². The third-order valence-corrected chi connectivity index (χ3v) is 4.97. The summed E-state index contributed by atoms with van der Waals surface area (Å²) in [5.41, 5.74) is 2.30. The van der Waals surface area contributed by atoms with E-state index < -0.39 is 0 Å². The molecule has 138 valence electrons. The smallest absolute Gasteiger partial charge is 0.224 e. The maximum absolute atomic E-state index is 12.4. The van der Waals surface area contributed by atoms with Crippen LogP contribution >= 0.6 is 0 Å². The van der Waals surface area contributed by atoms with E-state index in [1.54, 1.807) is 21.9 Å². The van der Waals surface area contributed by atoms with Gasteiger partial charge in [0.15, 0.2) is 5.78 Å². The van der Waals surface area contributed by atoms with E-state index in [2.05, 4.69) is 5.32 Å². The Morgan fingerprint density at radius 1 is 1.00 bits per heavy atom.